The van der Waals surface area contributed by atoms with Crippen LogP contribution in [0.25, 0.3) is 11.0 Å². The van der Waals surface area contributed by atoms with E-state index in [2.05, 4.69) is 54.2 Å². The number of aromatic nitrogens is 4. The molecule has 0 spiro atoms. The van der Waals surface area contributed by atoms with E-state index < -0.39 is 0 Å². The minimum absolute atomic E-state index is 0.148. The maximum absolute atomic E-state index is 6.54. The van der Waals surface area contributed by atoms with Crippen molar-refractivity contribution in [1.29, 1.82) is 0 Å². The molecule has 36 heavy (non-hydrogen) atoms. The Morgan fingerprint density at radius 3 is 2.42 bits per heavy atom. The molecule has 0 amide bonds. The maximum atomic E-state index is 6.54. The summed E-state index contributed by atoms with van der Waals surface area (Å²) in [6.07, 6.45) is 11.3. The van der Waals surface area contributed by atoms with Crippen molar-refractivity contribution in [2.75, 3.05) is 61.7 Å². The molecule has 6 rings (SSSR count). The molecule has 0 radical (unpaired) electrons. The van der Waals surface area contributed by atoms with Gasteiger partial charge in [0.25, 0.3) is 0 Å². The number of nitrogens with zero attached hydrogens (tertiary/aromatic N) is 6. The largest absolute Gasteiger partial charge is 0.488 e. The van der Waals surface area contributed by atoms with E-state index in [4.69, 9.17) is 14.2 Å². The minimum atomic E-state index is 0.148. The molecule has 0 atom stereocenters. The molecule has 1 aliphatic carbocycles. The Morgan fingerprint density at radius 2 is 1.69 bits per heavy atom. The fraction of sp³-hybridized carbons (Fsp3) is 0.538. The first-order valence-corrected chi connectivity index (χ1v) is 12.9. The van der Waals surface area contributed by atoms with E-state index in [-0.39, 0.29) is 6.10 Å². The van der Waals surface area contributed by atoms with Crippen molar-refractivity contribution >= 4 is 28.4 Å². The SMILES string of the molecule is CN(c1cnc(NC2CCC(Oc3cc(N4CCOCC4)cc4nccnc34)CC2)nc1)C1COC1. The lowest BCUT2D eigenvalue weighted by molar-refractivity contribution is 0.0101. The number of anilines is 3. The molecule has 190 valence electrons. The lowest BCUT2D eigenvalue weighted by Crippen LogP contribution is -2.47. The number of likely N-dealkylation sites (N-methyl/N-ethyl adjacent to an activating group) is 1. The first-order chi connectivity index (χ1) is 17.7. The Hall–Kier alpha value is -3.24. The van der Waals surface area contributed by atoms with Crippen molar-refractivity contribution in [2.24, 2.45) is 0 Å². The third-order valence-corrected chi connectivity index (χ3v) is 7.41. The molecule has 1 N–H and O–H groups in total. The maximum Gasteiger partial charge on any atom is 0.222 e. The van der Waals surface area contributed by atoms with Gasteiger partial charge in [0.15, 0.2) is 0 Å². The van der Waals surface area contributed by atoms with Gasteiger partial charge in [-0.15, -0.1) is 0 Å². The predicted molar refractivity (Wildman–Crippen MR) is 138 cm³/mol. The van der Waals surface area contributed by atoms with Gasteiger partial charge in [-0.1, -0.05) is 0 Å². The lowest BCUT2D eigenvalue weighted by atomic mass is 9.93. The highest BCUT2D eigenvalue weighted by molar-refractivity contribution is 5.85. The molecule has 10 nitrogen and oxygen atoms in total. The van der Waals surface area contributed by atoms with Crippen LogP contribution in [0, 0.1) is 0 Å². The van der Waals surface area contributed by atoms with Crippen LogP contribution in [0.5, 0.6) is 5.75 Å². The zero-order chi connectivity index (χ0) is 24.3. The minimum Gasteiger partial charge on any atom is -0.488 e. The summed E-state index contributed by atoms with van der Waals surface area (Å²) in [6, 6.07) is 4.98. The number of fused-ring (bicyclic) bond motifs is 1. The fourth-order valence-corrected chi connectivity index (χ4v) is 5.05. The third-order valence-electron chi connectivity index (χ3n) is 7.41. The van der Waals surface area contributed by atoms with E-state index in [1.165, 1.54) is 0 Å². The van der Waals surface area contributed by atoms with Crippen LogP contribution in [0.2, 0.25) is 0 Å². The van der Waals surface area contributed by atoms with Crippen molar-refractivity contribution in [3.05, 3.63) is 36.9 Å². The molecule has 3 aliphatic rings. The molecular weight excluding hydrogens is 458 g/mol. The molecule has 0 bridgehead atoms. The normalized spacial score (nSPS) is 22.8. The average molecular weight is 492 g/mol. The molecular formula is C26H33N7O3. The van der Waals surface area contributed by atoms with Crippen LogP contribution in [0.15, 0.2) is 36.9 Å². The summed E-state index contributed by atoms with van der Waals surface area (Å²) in [4.78, 5) is 22.7. The van der Waals surface area contributed by atoms with E-state index in [1.54, 1.807) is 12.4 Å². The third kappa shape index (κ3) is 5.01. The Bertz CT molecular complexity index is 1160. The summed E-state index contributed by atoms with van der Waals surface area (Å²) in [5.74, 6) is 1.50. The number of nitrogens with one attached hydrogen (secondary N) is 1. The Kier molecular flexibility index (Phi) is 6.69. The molecule has 2 aromatic heterocycles. The van der Waals surface area contributed by atoms with Gasteiger partial charge in [-0.2, -0.15) is 0 Å². The van der Waals surface area contributed by atoms with Crippen LogP contribution >= 0.6 is 0 Å². The van der Waals surface area contributed by atoms with Crippen molar-refractivity contribution in [3.8, 4) is 5.75 Å². The van der Waals surface area contributed by atoms with Crippen LogP contribution < -0.4 is 19.9 Å². The second kappa shape index (κ2) is 10.4. The number of hydrogen-bond donors (Lipinski definition) is 1. The molecule has 1 saturated carbocycles. The van der Waals surface area contributed by atoms with Gasteiger partial charge >= 0.3 is 0 Å². The number of ether oxygens (including phenoxy) is 3. The summed E-state index contributed by atoms with van der Waals surface area (Å²) in [6.45, 7) is 4.75. The molecule has 2 saturated heterocycles. The number of rotatable bonds is 7. The monoisotopic (exact) mass is 491 g/mol. The van der Waals surface area contributed by atoms with E-state index in [0.29, 0.717) is 18.0 Å². The predicted octanol–water partition coefficient (Wildman–Crippen LogP) is 2.89. The summed E-state index contributed by atoms with van der Waals surface area (Å²) >= 11 is 0. The first-order valence-electron chi connectivity index (χ1n) is 12.9. The summed E-state index contributed by atoms with van der Waals surface area (Å²) < 4.78 is 17.4. The standard InChI is InChI=1S/C26H33N7O3/c1-32(21-16-35-17-21)20-14-29-26(30-15-20)31-18-2-4-22(5-3-18)36-24-13-19(33-8-10-34-11-9-33)12-23-25(24)28-7-6-27-23/h6-7,12-15,18,21-22H,2-5,8-11,16-17H2,1H3,(H,29,30,31). The quantitative estimate of drug-likeness (QED) is 0.531. The molecule has 10 heteroatoms. The Morgan fingerprint density at radius 1 is 0.944 bits per heavy atom. The van der Waals surface area contributed by atoms with Crippen molar-refractivity contribution < 1.29 is 14.2 Å². The Balaban J connectivity index is 1.07. The number of morpholine rings is 1. The van der Waals surface area contributed by atoms with Crippen LogP contribution in [-0.2, 0) is 9.47 Å². The van der Waals surface area contributed by atoms with Gasteiger partial charge in [0.05, 0.1) is 62.2 Å². The molecule has 4 heterocycles. The van der Waals surface area contributed by atoms with Crippen molar-refractivity contribution in [2.45, 2.75) is 43.9 Å². The second-order valence-corrected chi connectivity index (χ2v) is 9.77. The number of benzene rings is 1. The van der Waals surface area contributed by atoms with Crippen molar-refractivity contribution in [3.63, 3.8) is 0 Å². The second-order valence-electron chi connectivity index (χ2n) is 9.77. The van der Waals surface area contributed by atoms with Gasteiger partial charge < -0.3 is 29.3 Å². The molecule has 3 aromatic rings. The summed E-state index contributed by atoms with van der Waals surface area (Å²) in [7, 11) is 2.06. The van der Waals surface area contributed by atoms with Crippen LogP contribution in [0.4, 0.5) is 17.3 Å². The fourth-order valence-electron chi connectivity index (χ4n) is 5.05. The van der Waals surface area contributed by atoms with Gasteiger partial charge in [0, 0.05) is 50.3 Å². The summed E-state index contributed by atoms with van der Waals surface area (Å²) in [5.41, 5.74) is 3.82. The Labute approximate surface area is 211 Å². The van der Waals surface area contributed by atoms with Crippen LogP contribution in [0.1, 0.15) is 25.7 Å². The average Bonchev–Trinajstić information content (AvgIpc) is 2.90. The van der Waals surface area contributed by atoms with Gasteiger partial charge in [0.1, 0.15) is 11.3 Å². The van der Waals surface area contributed by atoms with Crippen LogP contribution in [0.3, 0.4) is 0 Å². The van der Waals surface area contributed by atoms with E-state index in [1.807, 2.05) is 12.4 Å². The smallest absolute Gasteiger partial charge is 0.222 e. The molecule has 3 fully saturated rings. The van der Waals surface area contributed by atoms with Gasteiger partial charge in [-0.25, -0.2) is 15.0 Å². The summed E-state index contributed by atoms with van der Waals surface area (Å²) in [5, 5.41) is 3.51. The van der Waals surface area contributed by atoms with Gasteiger partial charge in [-0.3, -0.25) is 4.98 Å². The highest BCUT2D eigenvalue weighted by Crippen LogP contribution is 2.33. The van der Waals surface area contributed by atoms with Gasteiger partial charge in [0.2, 0.25) is 5.95 Å². The first kappa shape index (κ1) is 23.2. The van der Waals surface area contributed by atoms with E-state index in [9.17, 15) is 0 Å². The molecule has 2 aliphatic heterocycles. The van der Waals surface area contributed by atoms with Crippen LogP contribution in [-0.4, -0.2) is 84.7 Å². The molecule has 1 aromatic carbocycles. The highest BCUT2D eigenvalue weighted by atomic mass is 16.5. The van der Waals surface area contributed by atoms with E-state index >= 15 is 0 Å². The topological polar surface area (TPSA) is 97.8 Å². The van der Waals surface area contributed by atoms with Gasteiger partial charge in [-0.05, 0) is 31.7 Å². The lowest BCUT2D eigenvalue weighted by Gasteiger charge is -2.35. The van der Waals surface area contributed by atoms with Crippen molar-refractivity contribution in [1.82, 2.24) is 19.9 Å². The zero-order valence-corrected chi connectivity index (χ0v) is 20.7. The number of hydrogen-bond acceptors (Lipinski definition) is 10. The molecule has 0 unspecified atom stereocenters. The highest BCUT2D eigenvalue weighted by Gasteiger charge is 2.26. The zero-order valence-electron chi connectivity index (χ0n) is 20.7. The van der Waals surface area contributed by atoms with E-state index in [0.717, 1.165) is 93.4 Å².